The van der Waals surface area contributed by atoms with Gasteiger partial charge in [0, 0.05) is 0 Å². The van der Waals surface area contributed by atoms with Crippen molar-refractivity contribution < 1.29 is 17.7 Å². The number of benzene rings is 1. The van der Waals surface area contributed by atoms with Crippen LogP contribution >= 0.6 is 0 Å². The van der Waals surface area contributed by atoms with E-state index in [0.29, 0.717) is 5.56 Å². The molecule has 0 fully saturated rings. The molecule has 0 aliphatic carbocycles. The van der Waals surface area contributed by atoms with E-state index in [1.165, 1.54) is 12.1 Å². The monoisotopic (exact) mass is 281 g/mol. The van der Waals surface area contributed by atoms with Gasteiger partial charge in [0.2, 0.25) is 5.69 Å². The van der Waals surface area contributed by atoms with Crippen LogP contribution in [0.2, 0.25) is 0 Å². The first-order chi connectivity index (χ1) is 9.20. The molecule has 5 heteroatoms. The van der Waals surface area contributed by atoms with E-state index in [0.717, 1.165) is 28.7 Å². The van der Waals surface area contributed by atoms with Gasteiger partial charge >= 0.3 is 6.18 Å². The Morgan fingerprint density at radius 3 is 2.25 bits per heavy atom. The van der Waals surface area contributed by atoms with Crippen LogP contribution in [0.5, 0.6) is 0 Å². The molecule has 2 nitrogen and oxygen atoms in total. The molecule has 1 aromatic heterocycles. The molecule has 0 saturated heterocycles. The lowest BCUT2D eigenvalue weighted by Crippen LogP contribution is -2.33. The summed E-state index contributed by atoms with van der Waals surface area (Å²) in [5, 5.41) is 0. The van der Waals surface area contributed by atoms with Crippen LogP contribution in [0.3, 0.4) is 0 Å². The van der Waals surface area contributed by atoms with Gasteiger partial charge in [0.05, 0.1) is 11.1 Å². The van der Waals surface area contributed by atoms with Crippen molar-refractivity contribution in [1.29, 1.82) is 0 Å². The summed E-state index contributed by atoms with van der Waals surface area (Å²) in [5.74, 6) is 0. The minimum Gasteiger partial charge on any atom is -0.245 e. The number of aromatic nitrogens is 2. The summed E-state index contributed by atoms with van der Waals surface area (Å²) < 4.78 is 40.0. The Balaban J connectivity index is 2.61. The van der Waals surface area contributed by atoms with Crippen molar-refractivity contribution in [3.05, 3.63) is 46.9 Å². The van der Waals surface area contributed by atoms with E-state index in [1.807, 2.05) is 31.7 Å². The molecule has 0 spiro atoms. The number of rotatable bonds is 1. The Morgan fingerprint density at radius 1 is 1.10 bits per heavy atom. The highest BCUT2D eigenvalue weighted by molar-refractivity contribution is 5.63. The highest BCUT2D eigenvalue weighted by Gasteiger charge is 2.31. The maximum absolute atomic E-state index is 12.7. The van der Waals surface area contributed by atoms with Crippen LogP contribution in [0.15, 0.2) is 24.4 Å². The zero-order chi connectivity index (χ0) is 15.1. The summed E-state index contributed by atoms with van der Waals surface area (Å²) >= 11 is 0. The average Bonchev–Trinajstić information content (AvgIpc) is 2.28. The Labute approximate surface area is 115 Å². The van der Waals surface area contributed by atoms with Crippen molar-refractivity contribution in [2.45, 2.75) is 26.9 Å². The average molecular weight is 281 g/mol. The van der Waals surface area contributed by atoms with Gasteiger partial charge in [0.15, 0.2) is 6.20 Å². The molecule has 0 N–H and O–H groups in total. The summed E-state index contributed by atoms with van der Waals surface area (Å²) in [6, 6.07) is 3.80. The second-order valence-electron chi connectivity index (χ2n) is 4.95. The van der Waals surface area contributed by atoms with Crippen LogP contribution in [0, 0.1) is 20.8 Å². The largest absolute Gasteiger partial charge is 0.416 e. The third-order valence-corrected chi connectivity index (χ3v) is 3.23. The molecule has 2 aromatic rings. The number of alkyl halides is 3. The van der Waals surface area contributed by atoms with E-state index in [9.17, 15) is 13.2 Å². The predicted octanol–water partition coefficient (Wildman–Crippen LogP) is 3.52. The minimum atomic E-state index is -4.31. The highest BCUT2D eigenvalue weighted by Crippen LogP contribution is 2.32. The Bertz CT molecular complexity index is 638. The van der Waals surface area contributed by atoms with Crippen molar-refractivity contribution >= 4 is 0 Å². The molecule has 0 saturated carbocycles. The van der Waals surface area contributed by atoms with Gasteiger partial charge in [-0.15, -0.1) is 0 Å². The molecular formula is C15H16F3N2+. The molecule has 0 radical (unpaired) electrons. The van der Waals surface area contributed by atoms with Crippen LogP contribution in [0.1, 0.15) is 22.5 Å². The maximum atomic E-state index is 12.7. The summed E-state index contributed by atoms with van der Waals surface area (Å²) in [5.41, 5.74) is 3.24. The first-order valence-electron chi connectivity index (χ1n) is 6.22. The van der Waals surface area contributed by atoms with Gasteiger partial charge in [0.1, 0.15) is 18.4 Å². The van der Waals surface area contributed by atoms with Gasteiger partial charge in [-0.3, -0.25) is 0 Å². The molecule has 0 amide bonds. The van der Waals surface area contributed by atoms with E-state index in [4.69, 9.17) is 0 Å². The third kappa shape index (κ3) is 2.66. The van der Waals surface area contributed by atoms with Crippen molar-refractivity contribution in [3.63, 3.8) is 0 Å². The first-order valence-corrected chi connectivity index (χ1v) is 6.22. The number of hydrogen-bond donors (Lipinski definition) is 0. The fourth-order valence-corrected chi connectivity index (χ4v) is 2.44. The van der Waals surface area contributed by atoms with E-state index < -0.39 is 11.7 Å². The zero-order valence-corrected chi connectivity index (χ0v) is 11.8. The van der Waals surface area contributed by atoms with Gasteiger partial charge in [-0.05, 0) is 44.5 Å². The lowest BCUT2D eigenvalue weighted by atomic mass is 10.0. The predicted molar refractivity (Wildman–Crippen MR) is 70.1 cm³/mol. The highest BCUT2D eigenvalue weighted by atomic mass is 19.4. The topological polar surface area (TPSA) is 16.8 Å². The number of nitrogens with zero attached hydrogens (tertiary/aromatic N) is 2. The lowest BCUT2D eigenvalue weighted by molar-refractivity contribution is -0.661. The van der Waals surface area contributed by atoms with E-state index in [1.54, 1.807) is 6.92 Å². The molecule has 20 heavy (non-hydrogen) atoms. The second kappa shape index (κ2) is 4.89. The Hall–Kier alpha value is -1.91. The SMILES string of the molecule is Cc1c[n+](C)c(-c2ccc(C(F)(F)F)cc2C)c(C)n1. The molecular weight excluding hydrogens is 265 g/mol. The van der Waals surface area contributed by atoms with Crippen molar-refractivity contribution in [2.75, 3.05) is 0 Å². The molecule has 2 rings (SSSR count). The summed E-state index contributed by atoms with van der Waals surface area (Å²) in [7, 11) is 1.87. The summed E-state index contributed by atoms with van der Waals surface area (Å²) in [4.78, 5) is 4.38. The fourth-order valence-electron chi connectivity index (χ4n) is 2.44. The lowest BCUT2D eigenvalue weighted by Gasteiger charge is -2.11. The molecule has 0 aliphatic heterocycles. The van der Waals surface area contributed by atoms with Crippen molar-refractivity contribution in [2.24, 2.45) is 7.05 Å². The molecule has 0 bridgehead atoms. The molecule has 0 aliphatic rings. The molecule has 0 unspecified atom stereocenters. The van der Waals surface area contributed by atoms with Crippen LogP contribution in [-0.4, -0.2) is 4.98 Å². The standard InChI is InChI=1S/C15H16F3N2/c1-9-7-12(15(16,17)18)5-6-13(9)14-11(3)19-10(2)8-20(14)4/h5-8H,1-4H3/q+1. The fraction of sp³-hybridized carbons (Fsp3) is 0.333. The Morgan fingerprint density at radius 2 is 1.75 bits per heavy atom. The van der Waals surface area contributed by atoms with E-state index in [-0.39, 0.29) is 0 Å². The van der Waals surface area contributed by atoms with Crippen molar-refractivity contribution in [1.82, 2.24) is 4.98 Å². The van der Waals surface area contributed by atoms with Crippen molar-refractivity contribution in [3.8, 4) is 11.3 Å². The van der Waals surface area contributed by atoms with Gasteiger partial charge < -0.3 is 0 Å². The van der Waals surface area contributed by atoms with E-state index in [2.05, 4.69) is 4.98 Å². The Kier molecular flexibility index (Phi) is 3.54. The molecule has 106 valence electrons. The van der Waals surface area contributed by atoms with Crippen LogP contribution in [0.25, 0.3) is 11.3 Å². The third-order valence-electron chi connectivity index (χ3n) is 3.23. The zero-order valence-electron chi connectivity index (χ0n) is 11.8. The number of halogens is 3. The molecule has 0 atom stereocenters. The van der Waals surface area contributed by atoms with Gasteiger partial charge in [-0.25, -0.2) is 4.98 Å². The summed E-state index contributed by atoms with van der Waals surface area (Å²) in [6.45, 7) is 5.43. The van der Waals surface area contributed by atoms with Crippen LogP contribution in [-0.2, 0) is 13.2 Å². The number of hydrogen-bond acceptors (Lipinski definition) is 1. The molecule has 1 heterocycles. The van der Waals surface area contributed by atoms with Gasteiger partial charge in [0.25, 0.3) is 0 Å². The first kappa shape index (κ1) is 14.5. The summed E-state index contributed by atoms with van der Waals surface area (Å²) in [6.07, 6.45) is -2.45. The van der Waals surface area contributed by atoms with E-state index >= 15 is 0 Å². The molecule has 1 aromatic carbocycles. The minimum absolute atomic E-state index is 0.587. The number of aryl methyl sites for hydroxylation is 4. The van der Waals surface area contributed by atoms with Gasteiger partial charge in [-0.1, -0.05) is 0 Å². The van der Waals surface area contributed by atoms with Crippen LogP contribution < -0.4 is 4.57 Å². The smallest absolute Gasteiger partial charge is 0.245 e. The second-order valence-corrected chi connectivity index (χ2v) is 4.95. The quantitative estimate of drug-likeness (QED) is 0.731. The maximum Gasteiger partial charge on any atom is 0.416 e. The normalized spacial score (nSPS) is 11.8. The van der Waals surface area contributed by atoms with Gasteiger partial charge in [-0.2, -0.15) is 17.7 Å². The van der Waals surface area contributed by atoms with Crippen LogP contribution in [0.4, 0.5) is 13.2 Å².